The molecule has 2 rings (SSSR count). The maximum Gasteiger partial charge on any atom is 0.320 e. The van der Waals surface area contributed by atoms with Crippen molar-refractivity contribution >= 4 is 66.0 Å². The quantitative estimate of drug-likeness (QED) is 0.0416. The summed E-state index contributed by atoms with van der Waals surface area (Å²) >= 11 is 4.09. The zero-order valence-electron chi connectivity index (χ0n) is 30.1. The Morgan fingerprint density at radius 2 is 1.19 bits per heavy atom. The summed E-state index contributed by atoms with van der Waals surface area (Å²) < 4.78 is 0. The molecule has 304 valence electrons. The van der Waals surface area contributed by atoms with E-state index < -0.39 is 91.2 Å². The lowest BCUT2D eigenvalue weighted by atomic mass is 10.1. The highest BCUT2D eigenvalue weighted by Crippen LogP contribution is 2.15. The molecule has 2 aliphatic rings. The molecule has 0 aromatic heterocycles. The summed E-state index contributed by atoms with van der Waals surface area (Å²) in [6, 6.07) is -4.12. The number of carboxylic acids is 5. The number of carboxylic acid groups (broad SMARTS) is 5. The van der Waals surface area contributed by atoms with Crippen molar-refractivity contribution in [3.63, 3.8) is 0 Å². The number of thiol groups is 1. The number of hydrogen-bond acceptors (Lipinski definition) is 15. The lowest BCUT2D eigenvalue weighted by molar-refractivity contribution is -0.146. The Morgan fingerprint density at radius 1 is 0.722 bits per heavy atom. The van der Waals surface area contributed by atoms with Crippen LogP contribution in [0.3, 0.4) is 0 Å². The van der Waals surface area contributed by atoms with Gasteiger partial charge in [0.2, 0.25) is 17.7 Å². The van der Waals surface area contributed by atoms with Crippen molar-refractivity contribution in [2.45, 2.75) is 63.2 Å². The van der Waals surface area contributed by atoms with E-state index in [4.69, 9.17) is 5.11 Å². The van der Waals surface area contributed by atoms with Gasteiger partial charge in [-0.05, 0) is 19.8 Å². The van der Waals surface area contributed by atoms with E-state index in [1.54, 1.807) is 0 Å². The Kier molecular flexibility index (Phi) is 19.5. The number of Topliss-reactive ketones (excluding diaryl/α,β-unsaturated/α-hetero) is 1. The molecule has 0 saturated carbocycles. The number of likely N-dealkylation sites (tertiary alicyclic amines) is 1. The molecule has 3 amide bonds. The molecule has 54 heavy (non-hydrogen) atoms. The summed E-state index contributed by atoms with van der Waals surface area (Å²) in [4.78, 5) is 116. The van der Waals surface area contributed by atoms with E-state index in [0.29, 0.717) is 0 Å². The standard InChI is InChI=1S/C32H51N7O14S/c1-20(40)22(19-54)34-21-16-26(42)39(30(21)49)7-6-33-25(41)4-2-23(31(50)51)37-12-8-35(17-28(45)46)10-14-38(24(32(52)53)3-5-27(43)44)15-11-36(9-13-37)18-29(47)48/h21-24,34,54H,2-19H2,1H3,(H,33,41)(H,43,44)(H,45,46)(H,47,48)(H,50,51)(H,52,53)/t21?,22-,23?,24?/m0/s1. The third-order valence-electron chi connectivity index (χ3n) is 9.24. The number of nitrogens with one attached hydrogen (secondary N) is 2. The van der Waals surface area contributed by atoms with Gasteiger partial charge in [0.25, 0.3) is 0 Å². The van der Waals surface area contributed by atoms with E-state index >= 15 is 0 Å². The monoisotopic (exact) mass is 789 g/mol. The van der Waals surface area contributed by atoms with Crippen molar-refractivity contribution in [3.8, 4) is 0 Å². The molecule has 22 heteroatoms. The van der Waals surface area contributed by atoms with Gasteiger partial charge in [-0.2, -0.15) is 12.6 Å². The van der Waals surface area contributed by atoms with E-state index in [-0.39, 0.29) is 103 Å². The van der Waals surface area contributed by atoms with Crippen LogP contribution in [0.2, 0.25) is 0 Å². The molecule has 0 aromatic carbocycles. The first-order valence-corrected chi connectivity index (χ1v) is 18.1. The first kappa shape index (κ1) is 45.9. The van der Waals surface area contributed by atoms with Crippen LogP contribution in [0.1, 0.15) is 39.0 Å². The summed E-state index contributed by atoms with van der Waals surface area (Å²) in [7, 11) is 0. The van der Waals surface area contributed by atoms with Crippen LogP contribution in [0.4, 0.5) is 0 Å². The van der Waals surface area contributed by atoms with Crippen molar-refractivity contribution in [1.29, 1.82) is 0 Å². The molecule has 21 nitrogen and oxygen atoms in total. The Balaban J connectivity index is 2.13. The molecule has 0 aliphatic carbocycles. The lowest BCUT2D eigenvalue weighted by Crippen LogP contribution is -2.53. The number of amides is 3. The van der Waals surface area contributed by atoms with Crippen molar-refractivity contribution in [1.82, 2.24) is 35.1 Å². The number of carbonyl (C=O) groups excluding carboxylic acids is 4. The first-order valence-electron chi connectivity index (χ1n) is 17.4. The van der Waals surface area contributed by atoms with Crippen molar-refractivity contribution in [3.05, 3.63) is 0 Å². The van der Waals surface area contributed by atoms with Crippen LogP contribution < -0.4 is 10.6 Å². The molecule has 0 radical (unpaired) electrons. The smallest absolute Gasteiger partial charge is 0.320 e. The molecule has 0 spiro atoms. The number of hydrogen-bond donors (Lipinski definition) is 8. The maximum atomic E-state index is 12.8. The number of aliphatic carboxylic acids is 5. The Labute approximate surface area is 317 Å². The zero-order chi connectivity index (χ0) is 40.5. The molecular weight excluding hydrogens is 738 g/mol. The molecule has 4 atom stereocenters. The highest BCUT2D eigenvalue weighted by atomic mass is 32.1. The summed E-state index contributed by atoms with van der Waals surface area (Å²) in [5.74, 6) is -7.87. The Hall–Kier alpha value is -4.22. The third-order valence-corrected chi connectivity index (χ3v) is 9.60. The van der Waals surface area contributed by atoms with Gasteiger partial charge in [-0.15, -0.1) is 0 Å². The highest BCUT2D eigenvalue weighted by molar-refractivity contribution is 7.80. The molecule has 3 unspecified atom stereocenters. The topological polar surface area (TPSA) is 295 Å². The number of nitrogens with zero attached hydrogens (tertiary/aromatic N) is 5. The van der Waals surface area contributed by atoms with E-state index in [1.807, 2.05) is 0 Å². The number of imide groups is 1. The summed E-state index contributed by atoms with van der Waals surface area (Å²) in [6.45, 7) is 0.151. The van der Waals surface area contributed by atoms with Crippen molar-refractivity contribution in [2.75, 3.05) is 84.3 Å². The molecule has 0 bridgehead atoms. The van der Waals surface area contributed by atoms with Crippen molar-refractivity contribution in [2.24, 2.45) is 0 Å². The van der Waals surface area contributed by atoms with E-state index in [0.717, 1.165) is 4.90 Å². The zero-order valence-corrected chi connectivity index (χ0v) is 31.0. The van der Waals surface area contributed by atoms with Gasteiger partial charge in [0.1, 0.15) is 17.9 Å². The van der Waals surface area contributed by atoms with Gasteiger partial charge < -0.3 is 30.8 Å². The average Bonchev–Trinajstić information content (AvgIpc) is 3.33. The SMILES string of the molecule is CC(=O)[C@H](CS)NC1CC(=O)N(CCNC(=O)CCC(C(=O)O)N2CCN(CC(=O)O)CCN(C(CCC(=O)O)C(=O)O)CCN(CC(=O)O)CC2)C1=O. The summed E-state index contributed by atoms with van der Waals surface area (Å²) in [6.07, 6.45) is -1.31. The largest absolute Gasteiger partial charge is 0.481 e. The van der Waals surface area contributed by atoms with Gasteiger partial charge in [-0.1, -0.05) is 0 Å². The second-order valence-corrected chi connectivity index (χ2v) is 13.5. The highest BCUT2D eigenvalue weighted by Gasteiger charge is 2.39. The van der Waals surface area contributed by atoms with Gasteiger partial charge in [-0.3, -0.25) is 73.0 Å². The molecule has 2 saturated heterocycles. The van der Waals surface area contributed by atoms with E-state index in [9.17, 15) is 63.6 Å². The fourth-order valence-electron chi connectivity index (χ4n) is 6.29. The van der Waals surface area contributed by atoms with Crippen LogP contribution >= 0.6 is 12.6 Å². The van der Waals surface area contributed by atoms with E-state index in [2.05, 4.69) is 23.3 Å². The van der Waals surface area contributed by atoms with Crippen LogP contribution in [-0.2, 0) is 43.2 Å². The second-order valence-electron chi connectivity index (χ2n) is 13.1. The number of rotatable bonds is 21. The van der Waals surface area contributed by atoms with Gasteiger partial charge in [0, 0.05) is 84.0 Å². The molecular formula is C32H51N7O14S. The minimum Gasteiger partial charge on any atom is -0.481 e. The van der Waals surface area contributed by atoms with Gasteiger partial charge in [0.15, 0.2) is 0 Å². The summed E-state index contributed by atoms with van der Waals surface area (Å²) in [5.41, 5.74) is 0. The average molecular weight is 790 g/mol. The van der Waals surface area contributed by atoms with Crippen LogP contribution in [0.15, 0.2) is 0 Å². The molecule has 2 heterocycles. The predicted molar refractivity (Wildman–Crippen MR) is 190 cm³/mol. The fourth-order valence-corrected chi connectivity index (χ4v) is 6.65. The van der Waals surface area contributed by atoms with Gasteiger partial charge >= 0.3 is 29.8 Å². The van der Waals surface area contributed by atoms with Crippen LogP contribution in [0.25, 0.3) is 0 Å². The van der Waals surface area contributed by atoms with Crippen LogP contribution in [-0.4, -0.2) is 212 Å². The maximum absolute atomic E-state index is 12.8. The van der Waals surface area contributed by atoms with Gasteiger partial charge in [0.05, 0.1) is 31.6 Å². The van der Waals surface area contributed by atoms with E-state index in [1.165, 1.54) is 26.5 Å². The number of ketones is 1. The molecule has 2 fully saturated rings. The molecule has 7 N–H and O–H groups in total. The van der Waals surface area contributed by atoms with Crippen LogP contribution in [0.5, 0.6) is 0 Å². The Morgan fingerprint density at radius 3 is 1.57 bits per heavy atom. The third kappa shape index (κ3) is 15.6. The minimum atomic E-state index is -1.29. The normalized spacial score (nSPS) is 20.3. The second kappa shape index (κ2) is 22.9. The number of carbonyl (C=O) groups is 9. The van der Waals surface area contributed by atoms with Crippen molar-refractivity contribution < 1.29 is 68.7 Å². The molecule has 2 aliphatic heterocycles. The molecule has 0 aromatic rings. The predicted octanol–water partition coefficient (Wildman–Crippen LogP) is -3.35. The lowest BCUT2D eigenvalue weighted by Gasteiger charge is -2.37. The van der Waals surface area contributed by atoms with Gasteiger partial charge in [-0.25, -0.2) is 0 Å². The van der Waals surface area contributed by atoms with Crippen LogP contribution in [0, 0.1) is 0 Å². The summed E-state index contributed by atoms with van der Waals surface area (Å²) in [5, 5.41) is 53.7. The fraction of sp³-hybridized carbons (Fsp3) is 0.719. The minimum absolute atomic E-state index is 0.00626. The Bertz CT molecular complexity index is 1350. The first-order chi connectivity index (χ1) is 25.4.